The van der Waals surface area contributed by atoms with Crippen molar-refractivity contribution in [3.05, 3.63) is 76.0 Å². The molecule has 0 bridgehead atoms. The van der Waals surface area contributed by atoms with Crippen LogP contribution >= 0.6 is 0 Å². The van der Waals surface area contributed by atoms with Gasteiger partial charge in [0.05, 0.1) is 4.92 Å². The molecule has 1 aromatic heterocycles. The molecule has 3 rings (SSSR count). The fourth-order valence-corrected chi connectivity index (χ4v) is 2.24. The molecule has 0 aliphatic carbocycles. The molecule has 5 nitrogen and oxygen atoms in total. The second-order valence-corrected chi connectivity index (χ2v) is 4.83. The van der Waals surface area contributed by atoms with Crippen molar-refractivity contribution in [3.8, 4) is 0 Å². The normalized spacial score (nSPS) is 12.4. The number of fused-ring (bicyclic) bond motifs is 1. The Labute approximate surface area is 120 Å². The lowest BCUT2D eigenvalue weighted by Gasteiger charge is -2.07. The number of non-ortho nitro benzene ring substituents is 1. The molecule has 21 heavy (non-hydrogen) atoms. The van der Waals surface area contributed by atoms with Crippen LogP contribution in [0.4, 0.5) is 5.69 Å². The van der Waals surface area contributed by atoms with Crippen molar-refractivity contribution in [3.63, 3.8) is 0 Å². The van der Waals surface area contributed by atoms with Crippen molar-refractivity contribution in [2.75, 3.05) is 0 Å². The molecular formula is C16H13NO4. The number of rotatable bonds is 4. The lowest BCUT2D eigenvalue weighted by atomic mass is 10.1. The number of nitro groups is 1. The van der Waals surface area contributed by atoms with E-state index in [0.717, 1.165) is 16.5 Å². The Morgan fingerprint density at radius 2 is 1.86 bits per heavy atom. The molecular weight excluding hydrogens is 270 g/mol. The van der Waals surface area contributed by atoms with Crippen molar-refractivity contribution < 1.29 is 14.4 Å². The van der Waals surface area contributed by atoms with Crippen LogP contribution in [0.25, 0.3) is 11.0 Å². The average Bonchev–Trinajstić information content (AvgIpc) is 2.92. The van der Waals surface area contributed by atoms with Crippen molar-refractivity contribution in [1.82, 2.24) is 0 Å². The molecule has 0 saturated heterocycles. The van der Waals surface area contributed by atoms with Gasteiger partial charge in [0.2, 0.25) is 0 Å². The Hall–Kier alpha value is -2.66. The average molecular weight is 283 g/mol. The van der Waals surface area contributed by atoms with E-state index in [1.807, 2.05) is 30.3 Å². The number of nitrogens with zero attached hydrogens (tertiary/aromatic N) is 1. The van der Waals surface area contributed by atoms with Crippen molar-refractivity contribution in [2.45, 2.75) is 12.5 Å². The molecule has 0 spiro atoms. The molecule has 106 valence electrons. The molecule has 5 heteroatoms. The van der Waals surface area contributed by atoms with Crippen molar-refractivity contribution in [2.24, 2.45) is 0 Å². The van der Waals surface area contributed by atoms with Gasteiger partial charge in [-0.3, -0.25) is 10.1 Å². The number of hydrogen-bond donors (Lipinski definition) is 1. The van der Waals surface area contributed by atoms with E-state index in [2.05, 4.69) is 0 Å². The van der Waals surface area contributed by atoms with Gasteiger partial charge in [0.15, 0.2) is 0 Å². The van der Waals surface area contributed by atoms with Gasteiger partial charge < -0.3 is 9.52 Å². The number of furan rings is 1. The van der Waals surface area contributed by atoms with E-state index in [4.69, 9.17) is 4.42 Å². The minimum absolute atomic E-state index is 0.0389. The highest BCUT2D eigenvalue weighted by Gasteiger charge is 2.14. The van der Waals surface area contributed by atoms with Crippen LogP contribution in [0.1, 0.15) is 17.4 Å². The van der Waals surface area contributed by atoms with Gasteiger partial charge in [-0.2, -0.15) is 0 Å². The highest BCUT2D eigenvalue weighted by molar-refractivity contribution is 5.77. The molecule has 0 saturated carbocycles. The molecule has 0 aliphatic heterocycles. The Kier molecular flexibility index (Phi) is 3.41. The molecule has 2 aromatic carbocycles. The van der Waals surface area contributed by atoms with Gasteiger partial charge in [-0.1, -0.05) is 30.3 Å². The number of aliphatic hydroxyl groups excluding tert-OH is 1. The molecule has 0 amide bonds. The first-order valence-electron chi connectivity index (χ1n) is 6.53. The number of para-hydroxylation sites is 1. The standard InChI is InChI=1S/C16H13NO4/c18-14(9-11-5-7-13(8-6-11)17(19)20)16-10-12-3-1-2-4-15(12)21-16/h1-8,10,14,18H,9H2. The van der Waals surface area contributed by atoms with Crippen LogP contribution in [0.15, 0.2) is 59.0 Å². The Morgan fingerprint density at radius 3 is 2.52 bits per heavy atom. The minimum atomic E-state index is -0.779. The van der Waals surface area contributed by atoms with Crippen LogP contribution in [-0.2, 0) is 6.42 Å². The van der Waals surface area contributed by atoms with Crippen LogP contribution < -0.4 is 0 Å². The Balaban J connectivity index is 1.78. The van der Waals surface area contributed by atoms with Crippen LogP contribution in [0.5, 0.6) is 0 Å². The maximum atomic E-state index is 10.6. The van der Waals surface area contributed by atoms with E-state index < -0.39 is 11.0 Å². The maximum Gasteiger partial charge on any atom is 0.269 e. The summed E-state index contributed by atoms with van der Waals surface area (Å²) in [6.45, 7) is 0. The summed E-state index contributed by atoms with van der Waals surface area (Å²) in [5.74, 6) is 0.495. The summed E-state index contributed by atoms with van der Waals surface area (Å²) in [4.78, 5) is 10.2. The largest absolute Gasteiger partial charge is 0.458 e. The smallest absolute Gasteiger partial charge is 0.269 e. The molecule has 0 aliphatic rings. The van der Waals surface area contributed by atoms with Crippen LogP contribution in [0.3, 0.4) is 0 Å². The fraction of sp³-hybridized carbons (Fsp3) is 0.125. The van der Waals surface area contributed by atoms with E-state index in [1.165, 1.54) is 12.1 Å². The number of aliphatic hydroxyl groups is 1. The first kappa shape index (κ1) is 13.3. The van der Waals surface area contributed by atoms with E-state index in [1.54, 1.807) is 12.1 Å². The monoisotopic (exact) mass is 283 g/mol. The van der Waals surface area contributed by atoms with Gasteiger partial charge >= 0.3 is 0 Å². The van der Waals surface area contributed by atoms with E-state index in [0.29, 0.717) is 12.2 Å². The van der Waals surface area contributed by atoms with E-state index in [9.17, 15) is 15.2 Å². The van der Waals surface area contributed by atoms with Gasteiger partial charge in [0, 0.05) is 23.9 Å². The molecule has 1 heterocycles. The predicted molar refractivity (Wildman–Crippen MR) is 78.0 cm³/mol. The van der Waals surface area contributed by atoms with E-state index >= 15 is 0 Å². The van der Waals surface area contributed by atoms with Gasteiger partial charge in [0.25, 0.3) is 5.69 Å². The van der Waals surface area contributed by atoms with Gasteiger partial charge in [-0.15, -0.1) is 0 Å². The SMILES string of the molecule is O=[N+]([O-])c1ccc(CC(O)c2cc3ccccc3o2)cc1. The quantitative estimate of drug-likeness (QED) is 0.586. The third kappa shape index (κ3) is 2.78. The zero-order chi connectivity index (χ0) is 14.8. The highest BCUT2D eigenvalue weighted by atomic mass is 16.6. The third-order valence-electron chi connectivity index (χ3n) is 3.35. The fourth-order valence-electron chi connectivity index (χ4n) is 2.24. The van der Waals surface area contributed by atoms with Gasteiger partial charge in [-0.25, -0.2) is 0 Å². The number of nitro benzene ring substituents is 1. The lowest BCUT2D eigenvalue weighted by molar-refractivity contribution is -0.384. The molecule has 1 N–H and O–H groups in total. The zero-order valence-electron chi connectivity index (χ0n) is 11.1. The van der Waals surface area contributed by atoms with Crippen LogP contribution in [0, 0.1) is 10.1 Å². The number of benzene rings is 2. The lowest BCUT2D eigenvalue weighted by Crippen LogP contribution is -2.00. The highest BCUT2D eigenvalue weighted by Crippen LogP contribution is 2.26. The summed E-state index contributed by atoms with van der Waals surface area (Å²) in [5.41, 5.74) is 1.58. The predicted octanol–water partition coefficient (Wildman–Crippen LogP) is 3.62. The van der Waals surface area contributed by atoms with Crippen molar-refractivity contribution >= 4 is 16.7 Å². The summed E-state index contributed by atoms with van der Waals surface area (Å²) >= 11 is 0. The maximum absolute atomic E-state index is 10.6. The molecule has 0 radical (unpaired) electrons. The summed E-state index contributed by atoms with van der Waals surface area (Å²) in [6.07, 6.45) is -0.434. The number of hydrogen-bond acceptors (Lipinski definition) is 4. The summed E-state index contributed by atoms with van der Waals surface area (Å²) in [5, 5.41) is 21.8. The van der Waals surface area contributed by atoms with Crippen molar-refractivity contribution in [1.29, 1.82) is 0 Å². The Bertz CT molecular complexity index is 743. The van der Waals surface area contributed by atoms with Crippen LogP contribution in [-0.4, -0.2) is 10.0 Å². The van der Waals surface area contributed by atoms with Gasteiger partial charge in [-0.05, 0) is 17.7 Å². The summed E-state index contributed by atoms with van der Waals surface area (Å²) < 4.78 is 5.61. The second kappa shape index (κ2) is 5.38. The summed E-state index contributed by atoms with van der Waals surface area (Å²) in [6, 6.07) is 15.5. The molecule has 1 atom stereocenters. The first-order chi connectivity index (χ1) is 10.1. The Morgan fingerprint density at radius 1 is 1.14 bits per heavy atom. The molecule has 0 fully saturated rings. The summed E-state index contributed by atoms with van der Waals surface area (Å²) in [7, 11) is 0. The minimum Gasteiger partial charge on any atom is -0.458 e. The topological polar surface area (TPSA) is 76.5 Å². The van der Waals surface area contributed by atoms with Gasteiger partial charge in [0.1, 0.15) is 17.4 Å². The molecule has 3 aromatic rings. The molecule has 1 unspecified atom stereocenters. The van der Waals surface area contributed by atoms with E-state index in [-0.39, 0.29) is 5.69 Å². The zero-order valence-corrected chi connectivity index (χ0v) is 11.1. The second-order valence-electron chi connectivity index (χ2n) is 4.83. The van der Waals surface area contributed by atoms with Crippen LogP contribution in [0.2, 0.25) is 0 Å². The first-order valence-corrected chi connectivity index (χ1v) is 6.53. The third-order valence-corrected chi connectivity index (χ3v) is 3.35.